The Morgan fingerprint density at radius 3 is 2.32 bits per heavy atom. The predicted molar refractivity (Wildman–Crippen MR) is 81.9 cm³/mol. The van der Waals surface area contributed by atoms with Gasteiger partial charge in [0.05, 0.1) is 0 Å². The Morgan fingerprint density at radius 1 is 1.09 bits per heavy atom. The van der Waals surface area contributed by atoms with Crippen LogP contribution in [-0.4, -0.2) is 23.5 Å². The molecule has 0 fully saturated rings. The summed E-state index contributed by atoms with van der Waals surface area (Å²) in [6.45, 7) is 1.55. The van der Waals surface area contributed by atoms with Crippen LogP contribution < -0.4 is 10.1 Å². The molecule has 0 aliphatic rings. The number of nitrogens with one attached hydrogen (secondary N) is 1. The highest BCUT2D eigenvalue weighted by molar-refractivity contribution is 5.95. The molecule has 0 heterocycles. The van der Waals surface area contributed by atoms with Crippen molar-refractivity contribution >= 4 is 11.9 Å². The molecule has 0 saturated heterocycles. The maximum Gasteiger partial charge on any atom is 0.322 e. The largest absolute Gasteiger partial charge is 0.486 e. The molecule has 0 aromatic heterocycles. The van der Waals surface area contributed by atoms with Gasteiger partial charge in [-0.25, -0.2) is 0 Å². The summed E-state index contributed by atoms with van der Waals surface area (Å²) in [6, 6.07) is 16.4. The summed E-state index contributed by atoms with van der Waals surface area (Å²) < 4.78 is 5.81. The van der Waals surface area contributed by atoms with Gasteiger partial charge in [-0.05, 0) is 36.8 Å². The standard InChI is InChI=1S/C17H17NO4/c1-12(13-5-3-2-4-6-13)22-15-9-7-14(8-10-15)17(21)18-11-16(19)20/h2-10,12H,11H2,1H3,(H,18,21)(H,19,20)/t12-/m1/s1. The van der Waals surface area contributed by atoms with Crippen molar-refractivity contribution in [1.82, 2.24) is 5.32 Å². The number of rotatable bonds is 6. The van der Waals surface area contributed by atoms with Crippen LogP contribution in [0, 0.1) is 0 Å². The molecule has 0 unspecified atom stereocenters. The first-order valence-electron chi connectivity index (χ1n) is 6.88. The van der Waals surface area contributed by atoms with Gasteiger partial charge in [0.25, 0.3) is 5.91 Å². The summed E-state index contributed by atoms with van der Waals surface area (Å²) in [5, 5.41) is 10.8. The number of ether oxygens (including phenoxy) is 1. The highest BCUT2D eigenvalue weighted by Crippen LogP contribution is 2.21. The van der Waals surface area contributed by atoms with E-state index in [1.165, 1.54) is 0 Å². The van der Waals surface area contributed by atoms with Crippen LogP contribution in [0.5, 0.6) is 5.75 Å². The lowest BCUT2D eigenvalue weighted by atomic mass is 10.1. The molecular formula is C17H17NO4. The maximum absolute atomic E-state index is 11.7. The Kier molecular flexibility index (Phi) is 5.14. The smallest absolute Gasteiger partial charge is 0.322 e. The number of amides is 1. The van der Waals surface area contributed by atoms with Gasteiger partial charge in [-0.1, -0.05) is 30.3 Å². The number of benzene rings is 2. The number of hydrogen-bond acceptors (Lipinski definition) is 3. The van der Waals surface area contributed by atoms with Gasteiger partial charge in [0.1, 0.15) is 18.4 Å². The third-order valence-electron chi connectivity index (χ3n) is 3.10. The van der Waals surface area contributed by atoms with Crippen LogP contribution in [0.15, 0.2) is 54.6 Å². The van der Waals surface area contributed by atoms with Crippen molar-refractivity contribution in [3.8, 4) is 5.75 Å². The van der Waals surface area contributed by atoms with Gasteiger partial charge in [0.2, 0.25) is 0 Å². The molecule has 2 N–H and O–H groups in total. The van der Waals surface area contributed by atoms with Gasteiger partial charge in [0, 0.05) is 5.56 Å². The van der Waals surface area contributed by atoms with Crippen molar-refractivity contribution in [3.63, 3.8) is 0 Å². The Balaban J connectivity index is 1.97. The predicted octanol–water partition coefficient (Wildman–Crippen LogP) is 2.64. The second kappa shape index (κ2) is 7.26. The van der Waals surface area contributed by atoms with Crippen molar-refractivity contribution in [3.05, 3.63) is 65.7 Å². The minimum Gasteiger partial charge on any atom is -0.486 e. The van der Waals surface area contributed by atoms with Crippen LogP contribution in [0.2, 0.25) is 0 Å². The summed E-state index contributed by atoms with van der Waals surface area (Å²) in [4.78, 5) is 22.1. The third kappa shape index (κ3) is 4.34. The van der Waals surface area contributed by atoms with Gasteiger partial charge in [-0.2, -0.15) is 0 Å². The average molecular weight is 299 g/mol. The van der Waals surface area contributed by atoms with E-state index in [-0.39, 0.29) is 6.10 Å². The molecule has 0 bridgehead atoms. The van der Waals surface area contributed by atoms with E-state index >= 15 is 0 Å². The van der Waals surface area contributed by atoms with Crippen LogP contribution in [0.3, 0.4) is 0 Å². The van der Waals surface area contributed by atoms with E-state index in [0.29, 0.717) is 11.3 Å². The molecule has 2 aromatic carbocycles. The molecule has 0 spiro atoms. The number of aliphatic carboxylic acids is 1. The van der Waals surface area contributed by atoms with E-state index in [2.05, 4.69) is 5.32 Å². The van der Waals surface area contributed by atoms with Crippen molar-refractivity contribution in [1.29, 1.82) is 0 Å². The van der Waals surface area contributed by atoms with Crippen molar-refractivity contribution < 1.29 is 19.4 Å². The molecule has 0 aliphatic carbocycles. The normalized spacial score (nSPS) is 11.5. The lowest BCUT2D eigenvalue weighted by molar-refractivity contribution is -0.135. The highest BCUT2D eigenvalue weighted by atomic mass is 16.5. The minimum atomic E-state index is -1.08. The molecule has 5 heteroatoms. The number of carboxylic acids is 1. The molecule has 0 aliphatic heterocycles. The molecule has 1 atom stereocenters. The first-order chi connectivity index (χ1) is 10.6. The van der Waals surface area contributed by atoms with Crippen LogP contribution >= 0.6 is 0 Å². The molecule has 1 amide bonds. The van der Waals surface area contributed by atoms with Crippen LogP contribution in [-0.2, 0) is 4.79 Å². The zero-order valence-corrected chi connectivity index (χ0v) is 12.2. The van der Waals surface area contributed by atoms with E-state index in [1.807, 2.05) is 37.3 Å². The summed E-state index contributed by atoms with van der Waals surface area (Å²) in [5.41, 5.74) is 1.45. The summed E-state index contributed by atoms with van der Waals surface area (Å²) in [5.74, 6) is -0.860. The number of carbonyl (C=O) groups excluding carboxylic acids is 1. The lowest BCUT2D eigenvalue weighted by Gasteiger charge is -2.15. The Morgan fingerprint density at radius 2 is 1.73 bits per heavy atom. The molecule has 22 heavy (non-hydrogen) atoms. The highest BCUT2D eigenvalue weighted by Gasteiger charge is 2.09. The number of carboxylic acid groups (broad SMARTS) is 1. The van der Waals surface area contributed by atoms with Crippen LogP contribution in [0.1, 0.15) is 28.9 Å². The second-order valence-electron chi connectivity index (χ2n) is 4.77. The van der Waals surface area contributed by atoms with E-state index in [1.54, 1.807) is 24.3 Å². The molecule has 2 aromatic rings. The fraction of sp³-hybridized carbons (Fsp3) is 0.176. The molecule has 2 rings (SSSR count). The minimum absolute atomic E-state index is 0.104. The van der Waals surface area contributed by atoms with Gasteiger partial charge >= 0.3 is 5.97 Å². The van der Waals surface area contributed by atoms with Crippen LogP contribution in [0.25, 0.3) is 0 Å². The summed E-state index contributed by atoms with van der Waals surface area (Å²) in [6.07, 6.45) is -0.104. The average Bonchev–Trinajstić information content (AvgIpc) is 2.54. The SMILES string of the molecule is C[C@@H](Oc1ccc(C(=O)NCC(=O)O)cc1)c1ccccc1. The van der Waals surface area contributed by atoms with Crippen molar-refractivity contribution in [2.75, 3.05) is 6.54 Å². The topological polar surface area (TPSA) is 75.6 Å². The van der Waals surface area contributed by atoms with Crippen LogP contribution in [0.4, 0.5) is 0 Å². The Labute approximate surface area is 128 Å². The summed E-state index contributed by atoms with van der Waals surface area (Å²) in [7, 11) is 0. The molecular weight excluding hydrogens is 282 g/mol. The fourth-order valence-corrected chi connectivity index (χ4v) is 1.94. The monoisotopic (exact) mass is 299 g/mol. The molecule has 0 radical (unpaired) electrons. The zero-order chi connectivity index (χ0) is 15.9. The summed E-state index contributed by atoms with van der Waals surface area (Å²) >= 11 is 0. The van der Waals surface area contributed by atoms with Gasteiger partial charge in [0.15, 0.2) is 0 Å². The molecule has 5 nitrogen and oxygen atoms in total. The van der Waals surface area contributed by atoms with E-state index in [9.17, 15) is 9.59 Å². The fourth-order valence-electron chi connectivity index (χ4n) is 1.94. The van der Waals surface area contributed by atoms with Gasteiger partial charge in [-0.15, -0.1) is 0 Å². The first-order valence-corrected chi connectivity index (χ1v) is 6.88. The zero-order valence-electron chi connectivity index (χ0n) is 12.2. The van der Waals surface area contributed by atoms with Crippen molar-refractivity contribution in [2.45, 2.75) is 13.0 Å². The van der Waals surface area contributed by atoms with E-state index < -0.39 is 18.4 Å². The third-order valence-corrected chi connectivity index (χ3v) is 3.10. The molecule has 0 saturated carbocycles. The Hall–Kier alpha value is -2.82. The lowest BCUT2D eigenvalue weighted by Crippen LogP contribution is -2.29. The number of carbonyl (C=O) groups is 2. The van der Waals surface area contributed by atoms with Gasteiger partial charge < -0.3 is 15.2 Å². The quantitative estimate of drug-likeness (QED) is 0.859. The second-order valence-corrected chi connectivity index (χ2v) is 4.77. The van der Waals surface area contributed by atoms with E-state index in [0.717, 1.165) is 5.56 Å². The number of hydrogen-bond donors (Lipinski definition) is 2. The van der Waals surface area contributed by atoms with E-state index in [4.69, 9.17) is 9.84 Å². The van der Waals surface area contributed by atoms with Gasteiger partial charge in [-0.3, -0.25) is 9.59 Å². The van der Waals surface area contributed by atoms with Crippen molar-refractivity contribution in [2.24, 2.45) is 0 Å². The molecule has 114 valence electrons. The first kappa shape index (κ1) is 15.6. The maximum atomic E-state index is 11.7. The Bertz CT molecular complexity index is 637.